The molecule has 0 saturated heterocycles. The van der Waals surface area contributed by atoms with Crippen LogP contribution in [0.4, 0.5) is 14.5 Å². The largest absolute Gasteiger partial charge is 0.419 e. The number of aromatic nitrogens is 1. The third kappa shape index (κ3) is 3.31. The number of hydrogen-bond acceptors (Lipinski definition) is 3. The summed E-state index contributed by atoms with van der Waals surface area (Å²) >= 11 is 0. The zero-order valence-corrected chi connectivity index (χ0v) is 15.6. The van der Waals surface area contributed by atoms with E-state index in [1.807, 2.05) is 13.0 Å². The first-order chi connectivity index (χ1) is 13.8. The van der Waals surface area contributed by atoms with Crippen LogP contribution in [0.2, 0.25) is 0 Å². The molecular weight excluding hydrogens is 378 g/mol. The number of nitrogens with one attached hydrogen (secondary N) is 1. The number of oxazole rings is 1. The van der Waals surface area contributed by atoms with Crippen molar-refractivity contribution in [1.82, 2.24) is 4.57 Å². The van der Waals surface area contributed by atoms with Crippen LogP contribution < -0.4 is 11.1 Å². The molecule has 0 saturated carbocycles. The van der Waals surface area contributed by atoms with Crippen LogP contribution in [0.15, 0.2) is 63.8 Å². The first-order valence-electron chi connectivity index (χ1n) is 8.81. The van der Waals surface area contributed by atoms with Gasteiger partial charge in [0.2, 0.25) is 0 Å². The number of hydrogen-bond donors (Lipinski definition) is 1. The molecule has 3 aromatic carbocycles. The van der Waals surface area contributed by atoms with Crippen LogP contribution in [0.3, 0.4) is 0 Å². The second-order valence-electron chi connectivity index (χ2n) is 6.69. The van der Waals surface area contributed by atoms with Crippen LogP contribution in [-0.4, -0.2) is 10.5 Å². The summed E-state index contributed by atoms with van der Waals surface area (Å²) in [5, 5.41) is 2.50. The number of carbonyl (C=O) groups excluding carboxylic acids is 1. The van der Waals surface area contributed by atoms with E-state index in [0.29, 0.717) is 16.8 Å². The van der Waals surface area contributed by atoms with E-state index in [1.54, 1.807) is 37.4 Å². The van der Waals surface area contributed by atoms with Crippen molar-refractivity contribution in [2.75, 3.05) is 5.32 Å². The Bertz CT molecular complexity index is 1280. The molecule has 0 aliphatic carbocycles. The van der Waals surface area contributed by atoms with Crippen LogP contribution in [-0.2, 0) is 7.05 Å². The lowest BCUT2D eigenvalue weighted by Crippen LogP contribution is -2.15. The highest BCUT2D eigenvalue weighted by molar-refractivity contribution is 6.04. The molecule has 29 heavy (non-hydrogen) atoms. The molecule has 7 heteroatoms. The van der Waals surface area contributed by atoms with Crippen molar-refractivity contribution in [3.8, 4) is 11.1 Å². The van der Waals surface area contributed by atoms with Crippen LogP contribution in [0.1, 0.15) is 15.9 Å². The van der Waals surface area contributed by atoms with E-state index in [1.165, 1.54) is 10.6 Å². The van der Waals surface area contributed by atoms with Crippen LogP contribution in [0, 0.1) is 18.6 Å². The third-order valence-electron chi connectivity index (χ3n) is 4.78. The number of fused-ring (bicyclic) bond motifs is 1. The Kier molecular flexibility index (Phi) is 4.50. The number of rotatable bonds is 3. The number of amides is 1. The molecule has 0 aliphatic heterocycles. The first-order valence-corrected chi connectivity index (χ1v) is 8.81. The second kappa shape index (κ2) is 7.01. The normalized spacial score (nSPS) is 11.0. The molecule has 1 aromatic heterocycles. The zero-order valence-electron chi connectivity index (χ0n) is 15.6. The zero-order chi connectivity index (χ0) is 20.7. The molecule has 4 rings (SSSR count). The van der Waals surface area contributed by atoms with Gasteiger partial charge in [-0.3, -0.25) is 9.36 Å². The standard InChI is InChI=1S/C22H16F2N2O3/c1-12-10-19-18(26(2)22(28)29-19)11-15(12)13-6-8-14(9-7-13)25-21(27)20-16(23)4-3-5-17(20)24/h3-11H,1-2H3,(H,25,27). The molecule has 1 amide bonds. The average Bonchev–Trinajstić information content (AvgIpc) is 2.95. The summed E-state index contributed by atoms with van der Waals surface area (Å²) in [6.07, 6.45) is 0. The van der Waals surface area contributed by atoms with E-state index in [2.05, 4.69) is 5.32 Å². The molecular formula is C22H16F2N2O3. The van der Waals surface area contributed by atoms with Gasteiger partial charge in [-0.2, -0.15) is 0 Å². The number of nitrogens with zero attached hydrogens (tertiary/aromatic N) is 1. The number of halogens is 2. The smallest absolute Gasteiger partial charge is 0.408 e. The highest BCUT2D eigenvalue weighted by Crippen LogP contribution is 2.29. The van der Waals surface area contributed by atoms with Crippen molar-refractivity contribution in [1.29, 1.82) is 0 Å². The predicted octanol–water partition coefficient (Wildman–Crippen LogP) is 4.64. The van der Waals surface area contributed by atoms with Gasteiger partial charge >= 0.3 is 5.76 Å². The topological polar surface area (TPSA) is 64.2 Å². The van der Waals surface area contributed by atoms with Crippen molar-refractivity contribution in [3.63, 3.8) is 0 Å². The minimum atomic E-state index is -0.922. The van der Waals surface area contributed by atoms with Crippen molar-refractivity contribution in [2.24, 2.45) is 7.05 Å². The van der Waals surface area contributed by atoms with Gasteiger partial charge in [0.05, 0.1) is 5.52 Å². The highest BCUT2D eigenvalue weighted by Gasteiger charge is 2.17. The molecule has 1 heterocycles. The minimum absolute atomic E-state index is 0.399. The van der Waals surface area contributed by atoms with Gasteiger partial charge in [-0.05, 0) is 60.0 Å². The minimum Gasteiger partial charge on any atom is -0.408 e. The molecule has 0 radical (unpaired) electrons. The van der Waals surface area contributed by atoms with Crippen LogP contribution >= 0.6 is 0 Å². The van der Waals surface area contributed by atoms with Crippen LogP contribution in [0.5, 0.6) is 0 Å². The molecule has 0 aliphatic rings. The second-order valence-corrected chi connectivity index (χ2v) is 6.69. The van der Waals surface area contributed by atoms with Gasteiger partial charge in [-0.1, -0.05) is 18.2 Å². The monoisotopic (exact) mass is 394 g/mol. The van der Waals surface area contributed by atoms with Gasteiger partial charge in [-0.25, -0.2) is 13.6 Å². The van der Waals surface area contributed by atoms with Gasteiger partial charge in [0.25, 0.3) is 5.91 Å². The fraction of sp³-hybridized carbons (Fsp3) is 0.0909. The SMILES string of the molecule is Cc1cc2oc(=O)n(C)c2cc1-c1ccc(NC(=O)c2c(F)cccc2F)cc1. The molecule has 5 nitrogen and oxygen atoms in total. The Balaban J connectivity index is 1.64. The Hall–Kier alpha value is -3.74. The number of benzene rings is 3. The Labute approximate surface area is 164 Å². The lowest BCUT2D eigenvalue weighted by Gasteiger charge is -2.10. The van der Waals surface area contributed by atoms with E-state index in [-0.39, 0.29) is 0 Å². The van der Waals surface area contributed by atoms with Gasteiger partial charge < -0.3 is 9.73 Å². The van der Waals surface area contributed by atoms with Crippen molar-refractivity contribution in [3.05, 3.63) is 87.9 Å². The molecule has 1 N–H and O–H groups in total. The van der Waals surface area contributed by atoms with Crippen molar-refractivity contribution >= 4 is 22.7 Å². The van der Waals surface area contributed by atoms with Crippen molar-refractivity contribution in [2.45, 2.75) is 6.92 Å². The Morgan fingerprint density at radius 2 is 1.69 bits per heavy atom. The molecule has 4 aromatic rings. The van der Waals surface area contributed by atoms with E-state index >= 15 is 0 Å². The maximum atomic E-state index is 13.8. The molecule has 0 fully saturated rings. The van der Waals surface area contributed by atoms with E-state index in [0.717, 1.165) is 28.8 Å². The molecule has 0 atom stereocenters. The van der Waals surface area contributed by atoms with Gasteiger partial charge in [0.1, 0.15) is 17.2 Å². The van der Waals surface area contributed by atoms with E-state index in [9.17, 15) is 18.4 Å². The molecule has 0 bridgehead atoms. The third-order valence-corrected chi connectivity index (χ3v) is 4.78. The number of aryl methyl sites for hydroxylation is 2. The summed E-state index contributed by atoms with van der Waals surface area (Å²) in [5.41, 5.74) is 3.62. The van der Waals surface area contributed by atoms with E-state index < -0.39 is 28.9 Å². The summed E-state index contributed by atoms with van der Waals surface area (Å²) in [4.78, 5) is 23.9. The fourth-order valence-electron chi connectivity index (χ4n) is 3.23. The van der Waals surface area contributed by atoms with Gasteiger partial charge in [0, 0.05) is 12.7 Å². The number of anilines is 1. The summed E-state index contributed by atoms with van der Waals surface area (Å²) in [6, 6.07) is 13.8. The maximum absolute atomic E-state index is 13.8. The molecule has 0 spiro atoms. The highest BCUT2D eigenvalue weighted by atomic mass is 19.1. The van der Waals surface area contributed by atoms with E-state index in [4.69, 9.17) is 4.42 Å². The molecule has 0 unspecified atom stereocenters. The lowest BCUT2D eigenvalue weighted by molar-refractivity contribution is 0.101. The van der Waals surface area contributed by atoms with Gasteiger partial charge in [0.15, 0.2) is 5.58 Å². The first kappa shape index (κ1) is 18.6. The average molecular weight is 394 g/mol. The Morgan fingerprint density at radius 3 is 2.34 bits per heavy atom. The summed E-state index contributed by atoms with van der Waals surface area (Å²) in [5.74, 6) is -3.14. The number of carbonyl (C=O) groups is 1. The fourth-order valence-corrected chi connectivity index (χ4v) is 3.23. The van der Waals surface area contributed by atoms with Crippen molar-refractivity contribution < 1.29 is 18.0 Å². The lowest BCUT2D eigenvalue weighted by atomic mass is 9.99. The summed E-state index contributed by atoms with van der Waals surface area (Å²) in [7, 11) is 1.63. The molecule has 146 valence electrons. The Morgan fingerprint density at radius 1 is 1.03 bits per heavy atom. The maximum Gasteiger partial charge on any atom is 0.419 e. The van der Waals surface area contributed by atoms with Crippen LogP contribution in [0.25, 0.3) is 22.2 Å². The van der Waals surface area contributed by atoms with Gasteiger partial charge in [-0.15, -0.1) is 0 Å². The quantitative estimate of drug-likeness (QED) is 0.551. The predicted molar refractivity (Wildman–Crippen MR) is 106 cm³/mol. The summed E-state index contributed by atoms with van der Waals surface area (Å²) in [6.45, 7) is 1.90. The summed E-state index contributed by atoms with van der Waals surface area (Å²) < 4.78 is 34.1.